The third kappa shape index (κ3) is 3.84. The normalized spacial score (nSPS) is 17.1. The summed E-state index contributed by atoms with van der Waals surface area (Å²) >= 11 is 0. The zero-order valence-corrected chi connectivity index (χ0v) is 15.0. The van der Waals surface area contributed by atoms with Gasteiger partial charge in [0.1, 0.15) is 18.2 Å². The molecular formula is C18H16F4N6O. The van der Waals surface area contributed by atoms with Crippen LogP contribution < -0.4 is 10.2 Å². The van der Waals surface area contributed by atoms with Crippen LogP contribution in [0.5, 0.6) is 0 Å². The fourth-order valence-corrected chi connectivity index (χ4v) is 3.44. The first-order chi connectivity index (χ1) is 13.8. The van der Waals surface area contributed by atoms with Gasteiger partial charge in [-0.1, -0.05) is 0 Å². The summed E-state index contributed by atoms with van der Waals surface area (Å²) in [4.78, 5) is 29.1. The molecule has 152 valence electrons. The molecule has 11 heteroatoms. The fraction of sp³-hybridized carbons (Fsp3) is 0.333. The molecule has 0 aromatic carbocycles. The molecular weight excluding hydrogens is 392 g/mol. The minimum Gasteiger partial charge on any atom is -0.346 e. The van der Waals surface area contributed by atoms with Crippen LogP contribution in [0.3, 0.4) is 0 Å². The average molecular weight is 408 g/mol. The summed E-state index contributed by atoms with van der Waals surface area (Å²) in [5.74, 6) is -1.44. The number of nitrogens with zero attached hydrogens (tertiary/aromatic N) is 4. The number of carbonyl (C=O) groups excluding carboxylic acids is 1. The van der Waals surface area contributed by atoms with Gasteiger partial charge in [-0.2, -0.15) is 13.2 Å². The summed E-state index contributed by atoms with van der Waals surface area (Å²) in [6, 6.07) is 2.54. The minimum absolute atomic E-state index is 0.111. The summed E-state index contributed by atoms with van der Waals surface area (Å²) in [5.41, 5.74) is 1.23. The predicted octanol–water partition coefficient (Wildman–Crippen LogP) is 2.81. The molecule has 29 heavy (non-hydrogen) atoms. The lowest BCUT2D eigenvalue weighted by Gasteiger charge is -2.25. The number of hydrogen-bond donors (Lipinski definition) is 2. The number of aromatic amines is 1. The highest BCUT2D eigenvalue weighted by Crippen LogP contribution is 2.30. The Morgan fingerprint density at radius 2 is 2.14 bits per heavy atom. The van der Waals surface area contributed by atoms with Crippen LogP contribution in [0.15, 0.2) is 30.7 Å². The highest BCUT2D eigenvalue weighted by molar-refractivity contribution is 5.91. The van der Waals surface area contributed by atoms with E-state index in [9.17, 15) is 22.4 Å². The number of pyridine rings is 1. The van der Waals surface area contributed by atoms with Crippen LogP contribution in [0, 0.1) is 5.82 Å². The molecule has 1 amide bonds. The van der Waals surface area contributed by atoms with Crippen LogP contribution in [-0.4, -0.2) is 51.2 Å². The lowest BCUT2D eigenvalue weighted by atomic mass is 10.1. The van der Waals surface area contributed by atoms with Gasteiger partial charge in [0, 0.05) is 29.9 Å². The van der Waals surface area contributed by atoms with Gasteiger partial charge in [-0.25, -0.2) is 19.3 Å². The number of carbonyl (C=O) groups is 1. The number of H-pyrrole nitrogens is 1. The molecule has 2 N–H and O–H groups in total. The standard InChI is InChI=1S/C18H16F4N6O/c19-12-8-25-15(11-4-6-24-14-10(11)3-5-23-14)27-16(12)28-7-1-2-13(28)17(29)26-9-18(20,21)22/h3-6,8,13H,1-2,7,9H2,(H,23,24)(H,26,29)/t13-/m1/s1. The van der Waals surface area contributed by atoms with Crippen LogP contribution in [-0.2, 0) is 4.79 Å². The first kappa shape index (κ1) is 19.1. The van der Waals surface area contributed by atoms with Gasteiger partial charge in [0.25, 0.3) is 0 Å². The first-order valence-corrected chi connectivity index (χ1v) is 8.89. The molecule has 1 saturated heterocycles. The van der Waals surface area contributed by atoms with Crippen molar-refractivity contribution < 1.29 is 22.4 Å². The Kier molecular flexibility index (Phi) is 4.81. The molecule has 3 aromatic rings. The maximum Gasteiger partial charge on any atom is 0.405 e. The Hall–Kier alpha value is -3.24. The summed E-state index contributed by atoms with van der Waals surface area (Å²) in [5, 5.41) is 2.61. The van der Waals surface area contributed by atoms with E-state index in [2.05, 4.69) is 19.9 Å². The fourth-order valence-electron chi connectivity index (χ4n) is 3.44. The molecule has 1 atom stereocenters. The number of alkyl halides is 3. The van der Waals surface area contributed by atoms with Crippen molar-refractivity contribution >= 4 is 22.8 Å². The third-order valence-corrected chi connectivity index (χ3v) is 4.72. The molecule has 0 unspecified atom stereocenters. The molecule has 0 aliphatic carbocycles. The molecule has 1 aliphatic rings. The van der Waals surface area contributed by atoms with Crippen molar-refractivity contribution in [3.05, 3.63) is 36.5 Å². The van der Waals surface area contributed by atoms with Gasteiger partial charge >= 0.3 is 6.18 Å². The zero-order chi connectivity index (χ0) is 20.6. The number of aromatic nitrogens is 4. The summed E-state index contributed by atoms with van der Waals surface area (Å²) in [7, 11) is 0. The Balaban J connectivity index is 1.65. The van der Waals surface area contributed by atoms with Gasteiger partial charge in [-0.05, 0) is 25.0 Å². The summed E-state index contributed by atoms with van der Waals surface area (Å²) < 4.78 is 51.7. The molecule has 0 radical (unpaired) electrons. The Morgan fingerprint density at radius 1 is 1.31 bits per heavy atom. The van der Waals surface area contributed by atoms with Crippen molar-refractivity contribution in [2.24, 2.45) is 0 Å². The first-order valence-electron chi connectivity index (χ1n) is 8.89. The van der Waals surface area contributed by atoms with Crippen molar-refractivity contribution in [3.63, 3.8) is 0 Å². The van der Waals surface area contributed by atoms with E-state index >= 15 is 0 Å². The monoisotopic (exact) mass is 408 g/mol. The van der Waals surface area contributed by atoms with Crippen molar-refractivity contribution in [2.75, 3.05) is 18.0 Å². The summed E-state index contributed by atoms with van der Waals surface area (Å²) in [6.45, 7) is -1.14. The predicted molar refractivity (Wildman–Crippen MR) is 96.5 cm³/mol. The quantitative estimate of drug-likeness (QED) is 0.649. The molecule has 0 saturated carbocycles. The van der Waals surface area contributed by atoms with E-state index in [1.807, 2.05) is 5.32 Å². The second-order valence-corrected chi connectivity index (χ2v) is 6.65. The molecule has 3 aromatic heterocycles. The molecule has 7 nitrogen and oxygen atoms in total. The topological polar surface area (TPSA) is 86.8 Å². The lowest BCUT2D eigenvalue weighted by molar-refractivity contribution is -0.139. The molecule has 0 bridgehead atoms. The van der Waals surface area contributed by atoms with E-state index in [0.29, 0.717) is 30.6 Å². The maximum absolute atomic E-state index is 14.5. The van der Waals surface area contributed by atoms with Crippen LogP contribution in [0.4, 0.5) is 23.4 Å². The smallest absolute Gasteiger partial charge is 0.346 e. The number of fused-ring (bicyclic) bond motifs is 1. The Morgan fingerprint density at radius 3 is 2.93 bits per heavy atom. The SMILES string of the molecule is O=C(NCC(F)(F)F)[C@H]1CCCN1c1nc(-c2ccnc3[nH]ccc23)ncc1F. The molecule has 1 fully saturated rings. The Bertz CT molecular complexity index is 1050. The van der Waals surface area contributed by atoms with E-state index in [1.165, 1.54) is 4.90 Å². The Labute approximate surface area is 162 Å². The summed E-state index contributed by atoms with van der Waals surface area (Å²) in [6.07, 6.45) is 0.576. The molecule has 4 rings (SSSR count). The second kappa shape index (κ2) is 7.30. The van der Waals surface area contributed by atoms with Gasteiger partial charge in [0.15, 0.2) is 17.5 Å². The highest BCUT2D eigenvalue weighted by Gasteiger charge is 2.36. The van der Waals surface area contributed by atoms with Crippen LogP contribution in [0.25, 0.3) is 22.4 Å². The van der Waals surface area contributed by atoms with Crippen molar-refractivity contribution in [2.45, 2.75) is 25.1 Å². The largest absolute Gasteiger partial charge is 0.405 e. The zero-order valence-electron chi connectivity index (χ0n) is 15.0. The number of nitrogens with one attached hydrogen (secondary N) is 2. The van der Waals surface area contributed by atoms with Gasteiger partial charge in [-0.3, -0.25) is 4.79 Å². The van der Waals surface area contributed by atoms with E-state index in [-0.39, 0.29) is 11.6 Å². The van der Waals surface area contributed by atoms with E-state index in [0.717, 1.165) is 11.6 Å². The van der Waals surface area contributed by atoms with Gasteiger partial charge in [0.05, 0.1) is 6.20 Å². The molecule has 1 aliphatic heterocycles. The van der Waals surface area contributed by atoms with Crippen LogP contribution in [0.1, 0.15) is 12.8 Å². The number of hydrogen-bond acceptors (Lipinski definition) is 5. The van der Waals surface area contributed by atoms with Crippen molar-refractivity contribution in [3.8, 4) is 11.4 Å². The molecule has 4 heterocycles. The van der Waals surface area contributed by atoms with E-state index < -0.39 is 30.5 Å². The van der Waals surface area contributed by atoms with Crippen LogP contribution in [0.2, 0.25) is 0 Å². The number of anilines is 1. The lowest BCUT2D eigenvalue weighted by Crippen LogP contribution is -2.46. The third-order valence-electron chi connectivity index (χ3n) is 4.72. The second-order valence-electron chi connectivity index (χ2n) is 6.65. The highest BCUT2D eigenvalue weighted by atomic mass is 19.4. The van der Waals surface area contributed by atoms with Gasteiger partial charge < -0.3 is 15.2 Å². The van der Waals surface area contributed by atoms with Crippen LogP contribution >= 0.6 is 0 Å². The van der Waals surface area contributed by atoms with Crippen molar-refractivity contribution in [1.82, 2.24) is 25.3 Å². The minimum atomic E-state index is -4.52. The number of amides is 1. The van der Waals surface area contributed by atoms with Crippen molar-refractivity contribution in [1.29, 1.82) is 0 Å². The number of rotatable bonds is 4. The molecule has 0 spiro atoms. The van der Waals surface area contributed by atoms with E-state index in [1.54, 1.807) is 24.5 Å². The maximum atomic E-state index is 14.5. The van der Waals surface area contributed by atoms with Gasteiger partial charge in [-0.15, -0.1) is 0 Å². The van der Waals surface area contributed by atoms with Gasteiger partial charge in [0.2, 0.25) is 5.91 Å². The number of halogens is 4. The van der Waals surface area contributed by atoms with E-state index in [4.69, 9.17) is 0 Å². The average Bonchev–Trinajstić information content (AvgIpc) is 3.35.